The Morgan fingerprint density at radius 1 is 1.25 bits per heavy atom. The molecule has 0 aromatic heterocycles. The summed E-state index contributed by atoms with van der Waals surface area (Å²) in [6.45, 7) is 1.22. The molecule has 1 saturated carbocycles. The van der Waals surface area contributed by atoms with Gasteiger partial charge in [0, 0.05) is 11.5 Å². The molecule has 20 heavy (non-hydrogen) atoms. The fourth-order valence-corrected chi connectivity index (χ4v) is 5.18. The van der Waals surface area contributed by atoms with Gasteiger partial charge in [0.05, 0.1) is 0 Å². The van der Waals surface area contributed by atoms with Gasteiger partial charge in [0.2, 0.25) is 0 Å². The molecule has 2 bridgehead atoms. The summed E-state index contributed by atoms with van der Waals surface area (Å²) in [5.41, 5.74) is 3.36. The Morgan fingerprint density at radius 3 is 2.95 bits per heavy atom. The van der Waals surface area contributed by atoms with Gasteiger partial charge in [-0.15, -0.1) is 12.4 Å². The van der Waals surface area contributed by atoms with Crippen LogP contribution in [0.3, 0.4) is 0 Å². The van der Waals surface area contributed by atoms with Gasteiger partial charge in [-0.05, 0) is 68.5 Å². The van der Waals surface area contributed by atoms with E-state index in [4.69, 9.17) is 0 Å². The molecular weight excluding hydrogens is 270 g/mol. The van der Waals surface area contributed by atoms with Crippen LogP contribution in [-0.2, 0) is 11.8 Å². The standard InChI is InChI=1S/C17H23NO.ClH/c1-18-9-8-17-7-3-2-4-14(17)16(18)10-12-5-6-13(19)11-15(12)17;/h5-6,11,14,16,19H,2-4,7-10H2,1H3;1H/t14-,16+,17+;/m1./s1. The van der Waals surface area contributed by atoms with Gasteiger partial charge in [-0.1, -0.05) is 18.9 Å². The van der Waals surface area contributed by atoms with Crippen molar-refractivity contribution >= 4 is 12.4 Å². The minimum absolute atomic E-state index is 0. The molecule has 1 aliphatic heterocycles. The van der Waals surface area contributed by atoms with Crippen molar-refractivity contribution in [3.05, 3.63) is 29.3 Å². The van der Waals surface area contributed by atoms with Gasteiger partial charge in [-0.25, -0.2) is 0 Å². The fourth-order valence-electron chi connectivity index (χ4n) is 5.18. The Kier molecular flexibility index (Phi) is 3.50. The molecule has 110 valence electrons. The number of halogens is 1. The first-order valence-corrected chi connectivity index (χ1v) is 7.73. The third-order valence-electron chi connectivity index (χ3n) is 6.10. The van der Waals surface area contributed by atoms with E-state index in [1.165, 1.54) is 56.2 Å². The topological polar surface area (TPSA) is 23.5 Å². The highest BCUT2D eigenvalue weighted by atomic mass is 35.5. The molecule has 0 unspecified atom stereocenters. The molecule has 3 aliphatic rings. The molecule has 0 amide bonds. The number of phenolic OH excluding ortho intramolecular Hbond substituents is 1. The number of hydrogen-bond donors (Lipinski definition) is 1. The van der Waals surface area contributed by atoms with E-state index in [0.29, 0.717) is 11.2 Å². The highest BCUT2D eigenvalue weighted by Gasteiger charge is 2.52. The maximum Gasteiger partial charge on any atom is 0.115 e. The minimum Gasteiger partial charge on any atom is -0.508 e. The van der Waals surface area contributed by atoms with Gasteiger partial charge in [-0.3, -0.25) is 0 Å². The molecular formula is C17H24ClNO. The van der Waals surface area contributed by atoms with Crippen molar-refractivity contribution in [1.29, 1.82) is 0 Å². The summed E-state index contributed by atoms with van der Waals surface area (Å²) < 4.78 is 0. The van der Waals surface area contributed by atoms with Crippen LogP contribution < -0.4 is 0 Å². The van der Waals surface area contributed by atoms with Crippen molar-refractivity contribution in [2.24, 2.45) is 5.92 Å². The predicted octanol–water partition coefficient (Wildman–Crippen LogP) is 3.50. The van der Waals surface area contributed by atoms with Gasteiger partial charge in [-0.2, -0.15) is 0 Å². The summed E-state index contributed by atoms with van der Waals surface area (Å²) in [5.74, 6) is 1.27. The third-order valence-corrected chi connectivity index (χ3v) is 6.10. The molecule has 0 spiro atoms. The first kappa shape index (κ1) is 14.2. The van der Waals surface area contributed by atoms with Crippen LogP contribution in [0.4, 0.5) is 0 Å². The lowest BCUT2D eigenvalue weighted by Crippen LogP contribution is -2.59. The van der Waals surface area contributed by atoms with Crippen molar-refractivity contribution < 1.29 is 5.11 Å². The first-order chi connectivity index (χ1) is 9.21. The molecule has 0 radical (unpaired) electrons. The van der Waals surface area contributed by atoms with Crippen molar-refractivity contribution in [3.8, 4) is 5.75 Å². The largest absolute Gasteiger partial charge is 0.508 e. The second-order valence-electron chi connectivity index (χ2n) is 6.85. The smallest absolute Gasteiger partial charge is 0.115 e. The van der Waals surface area contributed by atoms with Gasteiger partial charge in [0.1, 0.15) is 5.75 Å². The maximum absolute atomic E-state index is 9.91. The Labute approximate surface area is 127 Å². The molecule has 3 heteroatoms. The van der Waals surface area contributed by atoms with Crippen LogP contribution in [0, 0.1) is 5.92 Å². The lowest BCUT2D eigenvalue weighted by atomic mass is 9.52. The third kappa shape index (κ3) is 1.81. The van der Waals surface area contributed by atoms with Crippen LogP contribution in [0.15, 0.2) is 18.2 Å². The number of benzene rings is 1. The van der Waals surface area contributed by atoms with Gasteiger partial charge in [0.15, 0.2) is 0 Å². The number of nitrogens with zero attached hydrogens (tertiary/aromatic N) is 1. The predicted molar refractivity (Wildman–Crippen MR) is 83.7 cm³/mol. The molecule has 1 heterocycles. The van der Waals surface area contributed by atoms with Gasteiger partial charge in [0.25, 0.3) is 0 Å². The van der Waals surface area contributed by atoms with E-state index in [1.807, 2.05) is 6.07 Å². The summed E-state index contributed by atoms with van der Waals surface area (Å²) in [5, 5.41) is 9.91. The average Bonchev–Trinajstić information content (AvgIpc) is 2.43. The minimum atomic E-state index is 0. The molecule has 3 atom stereocenters. The van der Waals surface area contributed by atoms with Crippen LogP contribution in [0.1, 0.15) is 43.2 Å². The number of hydrogen-bond acceptors (Lipinski definition) is 2. The fraction of sp³-hybridized carbons (Fsp3) is 0.647. The Balaban J connectivity index is 0.00000121. The van der Waals surface area contributed by atoms with E-state index >= 15 is 0 Å². The van der Waals surface area contributed by atoms with Crippen LogP contribution in [0.2, 0.25) is 0 Å². The molecule has 1 aromatic carbocycles. The molecule has 1 aromatic rings. The summed E-state index contributed by atoms with van der Waals surface area (Å²) in [6, 6.07) is 6.85. The molecule has 2 aliphatic carbocycles. The second-order valence-corrected chi connectivity index (χ2v) is 6.85. The zero-order valence-corrected chi connectivity index (χ0v) is 13.0. The van der Waals surface area contributed by atoms with Gasteiger partial charge < -0.3 is 10.0 Å². The maximum atomic E-state index is 9.91. The normalized spacial score (nSPS) is 35.6. The van der Waals surface area contributed by atoms with Crippen molar-refractivity contribution in [3.63, 3.8) is 0 Å². The summed E-state index contributed by atoms with van der Waals surface area (Å²) in [4.78, 5) is 2.59. The molecule has 2 fully saturated rings. The van der Waals surface area contributed by atoms with E-state index in [1.54, 1.807) is 0 Å². The quantitative estimate of drug-likeness (QED) is 0.791. The van der Waals surface area contributed by atoms with Gasteiger partial charge >= 0.3 is 0 Å². The number of phenols is 1. The SMILES string of the molecule is CN1CC[C@@]23CCCC[C@@H]2[C@@H]1Cc1ccc(O)cc13.Cl. The van der Waals surface area contributed by atoms with E-state index < -0.39 is 0 Å². The van der Waals surface area contributed by atoms with Crippen molar-refractivity contribution in [2.75, 3.05) is 13.6 Å². The zero-order chi connectivity index (χ0) is 13.0. The molecule has 1 saturated heterocycles. The van der Waals surface area contributed by atoms with Crippen molar-refractivity contribution in [1.82, 2.24) is 4.90 Å². The molecule has 4 rings (SSSR count). The zero-order valence-electron chi connectivity index (χ0n) is 12.1. The number of likely N-dealkylation sites (tertiary alicyclic amines) is 1. The number of fused-ring (bicyclic) bond motifs is 1. The van der Waals surface area contributed by atoms with E-state index in [9.17, 15) is 5.11 Å². The number of piperidine rings is 1. The number of rotatable bonds is 0. The second kappa shape index (κ2) is 4.92. The van der Waals surface area contributed by atoms with E-state index in [-0.39, 0.29) is 12.4 Å². The average molecular weight is 294 g/mol. The molecule has 2 nitrogen and oxygen atoms in total. The van der Waals surface area contributed by atoms with E-state index in [0.717, 1.165) is 12.0 Å². The monoisotopic (exact) mass is 293 g/mol. The van der Waals surface area contributed by atoms with E-state index in [2.05, 4.69) is 24.1 Å². The highest BCUT2D eigenvalue weighted by Crippen LogP contribution is 2.55. The van der Waals surface area contributed by atoms with Crippen molar-refractivity contribution in [2.45, 2.75) is 50.0 Å². The van der Waals surface area contributed by atoms with Crippen LogP contribution in [0.25, 0.3) is 0 Å². The number of aromatic hydroxyl groups is 1. The van der Waals surface area contributed by atoms with Crippen LogP contribution >= 0.6 is 12.4 Å². The highest BCUT2D eigenvalue weighted by molar-refractivity contribution is 5.85. The summed E-state index contributed by atoms with van der Waals surface area (Å²) >= 11 is 0. The Morgan fingerprint density at radius 2 is 2.10 bits per heavy atom. The van der Waals surface area contributed by atoms with Crippen LogP contribution in [0.5, 0.6) is 5.75 Å². The first-order valence-electron chi connectivity index (χ1n) is 7.73. The van der Waals surface area contributed by atoms with Crippen LogP contribution in [-0.4, -0.2) is 29.6 Å². The lowest BCUT2D eigenvalue weighted by molar-refractivity contribution is 0.00274. The molecule has 1 N–H and O–H groups in total. The number of likely N-dealkylation sites (N-methyl/N-ethyl adjacent to an activating group) is 1. The lowest BCUT2D eigenvalue weighted by Gasteiger charge is -2.58. The Hall–Kier alpha value is -0.730. The summed E-state index contributed by atoms with van der Waals surface area (Å²) in [7, 11) is 2.30. The Bertz CT molecular complexity index is 518. The summed E-state index contributed by atoms with van der Waals surface area (Å²) in [6.07, 6.45) is 7.93.